The third kappa shape index (κ3) is 2.61. The molecule has 0 radical (unpaired) electrons. The minimum atomic E-state index is 0.0996. The maximum atomic E-state index is 14.7. The van der Waals surface area contributed by atoms with Gasteiger partial charge in [0.1, 0.15) is 5.82 Å². The second kappa shape index (κ2) is 5.97. The summed E-state index contributed by atoms with van der Waals surface area (Å²) in [5.74, 6) is 0.652. The molecule has 0 bridgehead atoms. The van der Waals surface area contributed by atoms with Crippen molar-refractivity contribution in [2.75, 3.05) is 4.72 Å². The van der Waals surface area contributed by atoms with Gasteiger partial charge in [-0.05, 0) is 72.3 Å². The molecular formula is C19H23FN2S. The molecule has 0 unspecified atom stereocenters. The molecule has 0 atom stereocenters. The first-order valence-corrected chi connectivity index (χ1v) is 9.50. The summed E-state index contributed by atoms with van der Waals surface area (Å²) in [5, 5.41) is 1.12. The first-order chi connectivity index (χ1) is 11.1. The predicted octanol–water partition coefficient (Wildman–Crippen LogP) is 5.21. The number of fused-ring (bicyclic) bond motifs is 2. The molecule has 0 aromatic heterocycles. The van der Waals surface area contributed by atoms with E-state index >= 15 is 0 Å². The van der Waals surface area contributed by atoms with Crippen LogP contribution < -0.4 is 4.72 Å². The van der Waals surface area contributed by atoms with Crippen LogP contribution in [0.25, 0.3) is 0 Å². The van der Waals surface area contributed by atoms with E-state index in [0.717, 1.165) is 61.1 Å². The monoisotopic (exact) mass is 330 g/mol. The fourth-order valence-corrected chi connectivity index (χ4v) is 4.77. The van der Waals surface area contributed by atoms with Crippen LogP contribution in [0, 0.1) is 11.7 Å². The molecule has 1 aliphatic heterocycles. The number of hydrogen-bond donors (Lipinski definition) is 1. The molecule has 3 aliphatic rings. The summed E-state index contributed by atoms with van der Waals surface area (Å²) in [5.41, 5.74) is 7.00. The molecule has 4 rings (SSSR count). The Morgan fingerprint density at radius 3 is 2.22 bits per heavy atom. The lowest BCUT2D eigenvalue weighted by Crippen LogP contribution is -2.06. The van der Waals surface area contributed by atoms with Crippen LogP contribution in [0.1, 0.15) is 55.4 Å². The van der Waals surface area contributed by atoms with Gasteiger partial charge in [0.2, 0.25) is 0 Å². The summed E-state index contributed by atoms with van der Waals surface area (Å²) in [6.07, 6.45) is 8.91. The third-order valence-electron chi connectivity index (χ3n) is 5.31. The molecule has 2 aliphatic carbocycles. The fraction of sp³-hybridized carbons (Fsp3) is 0.526. The van der Waals surface area contributed by atoms with Gasteiger partial charge in [0.25, 0.3) is 0 Å². The molecule has 1 heterocycles. The van der Waals surface area contributed by atoms with E-state index in [0.29, 0.717) is 5.92 Å². The zero-order valence-corrected chi connectivity index (χ0v) is 14.7. The molecule has 0 saturated carbocycles. The lowest BCUT2D eigenvalue weighted by molar-refractivity contribution is 0.598. The molecule has 0 amide bonds. The number of hydrogen-bond acceptors (Lipinski definition) is 3. The Balaban J connectivity index is 1.57. The van der Waals surface area contributed by atoms with Crippen LogP contribution in [0.3, 0.4) is 0 Å². The molecule has 1 N–H and O–H groups in total. The molecule has 1 aromatic carbocycles. The number of aliphatic imine (C=N–C) groups is 1. The van der Waals surface area contributed by atoms with E-state index in [-0.39, 0.29) is 5.82 Å². The quantitative estimate of drug-likeness (QED) is 0.770. The molecule has 23 heavy (non-hydrogen) atoms. The van der Waals surface area contributed by atoms with Crippen molar-refractivity contribution in [3.63, 3.8) is 0 Å². The van der Waals surface area contributed by atoms with Crippen LogP contribution in [0.5, 0.6) is 0 Å². The fourth-order valence-electron chi connectivity index (χ4n) is 3.96. The van der Waals surface area contributed by atoms with Gasteiger partial charge in [-0.25, -0.2) is 4.39 Å². The normalized spacial score (nSPS) is 19.0. The van der Waals surface area contributed by atoms with Crippen LogP contribution in [0.4, 0.5) is 10.1 Å². The van der Waals surface area contributed by atoms with Crippen molar-refractivity contribution >= 4 is 22.7 Å². The molecular weight excluding hydrogens is 307 g/mol. The zero-order chi connectivity index (χ0) is 16.0. The van der Waals surface area contributed by atoms with E-state index in [1.165, 1.54) is 22.4 Å². The number of allylic oxidation sites excluding steroid dienone is 1. The molecule has 0 spiro atoms. The highest BCUT2D eigenvalue weighted by molar-refractivity contribution is 8.15. The lowest BCUT2D eigenvalue weighted by Gasteiger charge is -2.17. The highest BCUT2D eigenvalue weighted by Gasteiger charge is 2.29. The van der Waals surface area contributed by atoms with Crippen LogP contribution in [0.15, 0.2) is 16.8 Å². The lowest BCUT2D eigenvalue weighted by atomic mass is 9.98. The number of nitrogens with zero attached hydrogens (tertiary/aromatic N) is 1. The van der Waals surface area contributed by atoms with Gasteiger partial charge in [0, 0.05) is 24.6 Å². The van der Waals surface area contributed by atoms with Gasteiger partial charge in [-0.1, -0.05) is 13.8 Å². The van der Waals surface area contributed by atoms with E-state index in [1.54, 1.807) is 11.9 Å². The molecule has 122 valence electrons. The van der Waals surface area contributed by atoms with E-state index in [2.05, 4.69) is 23.6 Å². The Kier molecular flexibility index (Phi) is 3.96. The third-order valence-corrected chi connectivity index (χ3v) is 6.10. The highest BCUT2D eigenvalue weighted by Crippen LogP contribution is 2.42. The zero-order valence-electron chi connectivity index (χ0n) is 13.8. The Morgan fingerprint density at radius 2 is 1.65 bits per heavy atom. The second-order valence-corrected chi connectivity index (χ2v) is 7.95. The van der Waals surface area contributed by atoms with Gasteiger partial charge < -0.3 is 4.72 Å². The van der Waals surface area contributed by atoms with E-state index in [9.17, 15) is 4.39 Å². The van der Waals surface area contributed by atoms with Crippen LogP contribution in [-0.2, 0) is 25.7 Å². The summed E-state index contributed by atoms with van der Waals surface area (Å²) in [6, 6.07) is 0. The largest absolute Gasteiger partial charge is 0.324 e. The van der Waals surface area contributed by atoms with Crippen molar-refractivity contribution in [3.05, 3.63) is 39.8 Å². The molecule has 0 saturated heterocycles. The smallest absolute Gasteiger partial charge is 0.130 e. The van der Waals surface area contributed by atoms with Crippen molar-refractivity contribution in [1.82, 2.24) is 0 Å². The summed E-state index contributed by atoms with van der Waals surface area (Å²) in [7, 11) is 0. The van der Waals surface area contributed by atoms with Gasteiger partial charge in [-0.2, -0.15) is 0 Å². The Labute approximate surface area is 141 Å². The molecule has 4 heteroatoms. The minimum absolute atomic E-state index is 0.0996. The van der Waals surface area contributed by atoms with Gasteiger partial charge in [-0.15, -0.1) is 0 Å². The second-order valence-electron chi connectivity index (χ2n) is 7.07. The van der Waals surface area contributed by atoms with Crippen LogP contribution in [0.2, 0.25) is 0 Å². The van der Waals surface area contributed by atoms with Gasteiger partial charge in [0.05, 0.1) is 10.7 Å². The van der Waals surface area contributed by atoms with Crippen molar-refractivity contribution in [3.8, 4) is 0 Å². The topological polar surface area (TPSA) is 24.4 Å². The summed E-state index contributed by atoms with van der Waals surface area (Å²) in [4.78, 5) is 4.54. The van der Waals surface area contributed by atoms with Crippen molar-refractivity contribution in [2.24, 2.45) is 10.9 Å². The first-order valence-electron chi connectivity index (χ1n) is 8.68. The highest BCUT2D eigenvalue weighted by atomic mass is 32.2. The summed E-state index contributed by atoms with van der Waals surface area (Å²) < 4.78 is 18.2. The number of nitrogens with one attached hydrogen (secondary N) is 1. The summed E-state index contributed by atoms with van der Waals surface area (Å²) in [6.45, 7) is 4.42. The van der Waals surface area contributed by atoms with Crippen LogP contribution >= 0.6 is 11.9 Å². The Morgan fingerprint density at radius 1 is 1.04 bits per heavy atom. The van der Waals surface area contributed by atoms with Gasteiger partial charge in [0.15, 0.2) is 0 Å². The van der Waals surface area contributed by atoms with E-state index in [4.69, 9.17) is 0 Å². The number of halogens is 1. The van der Waals surface area contributed by atoms with Crippen molar-refractivity contribution in [2.45, 2.75) is 58.8 Å². The van der Waals surface area contributed by atoms with E-state index in [1.807, 2.05) is 6.20 Å². The number of anilines is 1. The van der Waals surface area contributed by atoms with E-state index < -0.39 is 0 Å². The molecule has 0 fully saturated rings. The SMILES string of the molecule is CC(C)C1=CN=C(SNc2c3c(c(F)c4c2CCC4)CCC3)C1. The van der Waals surface area contributed by atoms with Crippen molar-refractivity contribution in [1.29, 1.82) is 0 Å². The molecule has 2 nitrogen and oxygen atoms in total. The average molecular weight is 330 g/mol. The Bertz CT molecular complexity index is 684. The minimum Gasteiger partial charge on any atom is -0.324 e. The van der Waals surface area contributed by atoms with Gasteiger partial charge in [-0.3, -0.25) is 4.99 Å². The van der Waals surface area contributed by atoms with Crippen LogP contribution in [-0.4, -0.2) is 5.04 Å². The average Bonchev–Trinajstić information content (AvgIpc) is 3.27. The van der Waals surface area contributed by atoms with Crippen molar-refractivity contribution < 1.29 is 4.39 Å². The van der Waals surface area contributed by atoms with Gasteiger partial charge >= 0.3 is 0 Å². The number of benzene rings is 1. The summed E-state index contributed by atoms with van der Waals surface area (Å²) >= 11 is 1.62. The first kappa shape index (κ1) is 15.3. The number of rotatable bonds is 3. The molecule has 1 aromatic rings. The standard InChI is InChI=1S/C19H23FN2S/c1-11(2)12-9-17(21-10-12)23-22-19-15-7-3-5-13(15)18(20)14-6-4-8-16(14)19/h10-11,22H,3-9H2,1-2H3. The maximum absolute atomic E-state index is 14.7. The predicted molar refractivity (Wildman–Crippen MR) is 96.6 cm³/mol. The Hall–Kier alpha value is -1.29. The maximum Gasteiger partial charge on any atom is 0.130 e.